The van der Waals surface area contributed by atoms with Crippen LogP contribution in [0.25, 0.3) is 10.8 Å². The van der Waals surface area contributed by atoms with Crippen molar-refractivity contribution < 1.29 is 14.7 Å². The van der Waals surface area contributed by atoms with Gasteiger partial charge in [-0.3, -0.25) is 9.59 Å². The molecule has 128 valence electrons. The molecular weight excluding hydrogens is 320 g/mol. The van der Waals surface area contributed by atoms with Gasteiger partial charge in [0, 0.05) is 17.7 Å². The maximum absolute atomic E-state index is 11.9. The van der Waals surface area contributed by atoms with Gasteiger partial charge in [0.2, 0.25) is 11.8 Å². The predicted octanol–water partition coefficient (Wildman–Crippen LogP) is 1.90. The highest BCUT2D eigenvalue weighted by molar-refractivity contribution is 6.07. The highest BCUT2D eigenvalue weighted by atomic mass is 16.3. The van der Waals surface area contributed by atoms with Crippen LogP contribution in [0, 0.1) is 5.92 Å². The number of fused-ring (bicyclic) bond motifs is 1. The average Bonchev–Trinajstić information content (AvgIpc) is 2.93. The normalized spacial score (nSPS) is 16.9. The summed E-state index contributed by atoms with van der Waals surface area (Å²) in [6.07, 6.45) is 1.95. The molecule has 1 atom stereocenters. The van der Waals surface area contributed by atoms with Gasteiger partial charge >= 0.3 is 0 Å². The molecule has 0 aliphatic carbocycles. The van der Waals surface area contributed by atoms with Crippen molar-refractivity contribution in [3.8, 4) is 5.75 Å². The van der Waals surface area contributed by atoms with Gasteiger partial charge in [0.15, 0.2) is 0 Å². The molecule has 3 rings (SSSR count). The molecule has 7 nitrogen and oxygen atoms in total. The lowest BCUT2D eigenvalue weighted by molar-refractivity contribution is -0.123. The van der Waals surface area contributed by atoms with Crippen molar-refractivity contribution in [2.75, 3.05) is 0 Å². The first-order valence-electron chi connectivity index (χ1n) is 7.93. The summed E-state index contributed by atoms with van der Waals surface area (Å²) in [5.74, 6) is -0.763. The fourth-order valence-corrected chi connectivity index (χ4v) is 2.75. The van der Waals surface area contributed by atoms with Crippen LogP contribution in [0.2, 0.25) is 0 Å². The van der Waals surface area contributed by atoms with Crippen molar-refractivity contribution >= 4 is 34.5 Å². The largest absolute Gasteiger partial charge is 0.507 e. The number of aromatic hydroxyl groups is 1. The number of carbonyl (C=O) groups excluding carboxylic acids is 2. The quantitative estimate of drug-likeness (QED) is 0.573. The van der Waals surface area contributed by atoms with Gasteiger partial charge in [0.1, 0.15) is 5.75 Å². The molecule has 3 N–H and O–H groups in total. The molecular formula is C18H18N4O3. The minimum Gasteiger partial charge on any atom is -0.507 e. The van der Waals surface area contributed by atoms with Crippen LogP contribution in [0.4, 0.5) is 0 Å². The summed E-state index contributed by atoms with van der Waals surface area (Å²) in [7, 11) is 0. The summed E-state index contributed by atoms with van der Waals surface area (Å²) >= 11 is 0. The van der Waals surface area contributed by atoms with Crippen LogP contribution < -0.4 is 10.9 Å². The summed E-state index contributed by atoms with van der Waals surface area (Å²) in [6, 6.07) is 11.0. The van der Waals surface area contributed by atoms with E-state index in [2.05, 4.69) is 21.1 Å². The van der Waals surface area contributed by atoms with Crippen LogP contribution in [0.1, 0.15) is 25.3 Å². The Morgan fingerprint density at radius 2 is 2.16 bits per heavy atom. The van der Waals surface area contributed by atoms with Gasteiger partial charge < -0.3 is 5.11 Å². The van der Waals surface area contributed by atoms with E-state index in [1.807, 2.05) is 30.3 Å². The standard InChI is InChI=1S/C18H18N4O3/c1-11-13(18(25)22-20-11)7-9-17(24)21-19-10-15-14-5-3-2-4-12(14)6-8-16(15)23/h2-6,8,10,13,23H,7,9H2,1H3,(H,21,24)(H,22,25)/b19-10+. The highest BCUT2D eigenvalue weighted by Gasteiger charge is 2.26. The molecule has 1 heterocycles. The second-order valence-electron chi connectivity index (χ2n) is 5.83. The average molecular weight is 338 g/mol. The zero-order chi connectivity index (χ0) is 17.8. The molecule has 1 aliphatic rings. The third-order valence-corrected chi connectivity index (χ3v) is 4.15. The van der Waals surface area contributed by atoms with E-state index in [9.17, 15) is 14.7 Å². The molecule has 2 aromatic carbocycles. The molecule has 7 heteroatoms. The third-order valence-electron chi connectivity index (χ3n) is 4.15. The molecule has 0 aromatic heterocycles. The molecule has 1 aliphatic heterocycles. The van der Waals surface area contributed by atoms with E-state index < -0.39 is 0 Å². The molecule has 0 fully saturated rings. The number of hydrogen-bond acceptors (Lipinski definition) is 5. The zero-order valence-corrected chi connectivity index (χ0v) is 13.7. The van der Waals surface area contributed by atoms with E-state index in [0.717, 1.165) is 10.8 Å². The minimum absolute atomic E-state index is 0.0890. The Balaban J connectivity index is 1.62. The monoisotopic (exact) mass is 338 g/mol. The van der Waals surface area contributed by atoms with Crippen molar-refractivity contribution in [3.05, 3.63) is 42.0 Å². The first-order valence-corrected chi connectivity index (χ1v) is 7.93. The summed E-state index contributed by atoms with van der Waals surface area (Å²) in [5.41, 5.74) is 6.04. The maximum atomic E-state index is 11.9. The van der Waals surface area contributed by atoms with Crippen LogP contribution in [0.15, 0.2) is 46.6 Å². The Bertz CT molecular complexity index is 889. The van der Waals surface area contributed by atoms with Gasteiger partial charge in [0.25, 0.3) is 0 Å². The molecule has 1 unspecified atom stereocenters. The first kappa shape index (κ1) is 16.6. The molecule has 0 bridgehead atoms. The summed E-state index contributed by atoms with van der Waals surface area (Å²) in [5, 5.41) is 19.6. The van der Waals surface area contributed by atoms with Crippen molar-refractivity contribution in [1.29, 1.82) is 0 Å². The Morgan fingerprint density at radius 3 is 2.92 bits per heavy atom. The lowest BCUT2D eigenvalue weighted by Gasteiger charge is -2.07. The number of benzene rings is 2. The van der Waals surface area contributed by atoms with Gasteiger partial charge in [-0.2, -0.15) is 10.2 Å². The summed E-state index contributed by atoms with van der Waals surface area (Å²) in [6.45, 7) is 1.75. The van der Waals surface area contributed by atoms with Gasteiger partial charge in [-0.05, 0) is 30.2 Å². The van der Waals surface area contributed by atoms with Gasteiger partial charge in [-0.1, -0.05) is 30.3 Å². The number of amides is 2. The Labute approximate surface area is 144 Å². The molecule has 0 radical (unpaired) electrons. The second kappa shape index (κ2) is 7.12. The van der Waals surface area contributed by atoms with Crippen LogP contribution in [-0.4, -0.2) is 28.8 Å². The Morgan fingerprint density at radius 1 is 1.36 bits per heavy atom. The minimum atomic E-state index is -0.364. The molecule has 0 saturated heterocycles. The van der Waals surface area contributed by atoms with Gasteiger partial charge in [0.05, 0.1) is 12.1 Å². The van der Waals surface area contributed by atoms with Crippen molar-refractivity contribution in [2.24, 2.45) is 16.1 Å². The van der Waals surface area contributed by atoms with Crippen LogP contribution in [0.3, 0.4) is 0 Å². The lowest BCUT2D eigenvalue weighted by Crippen LogP contribution is -2.25. The Hall–Kier alpha value is -3.22. The molecule has 25 heavy (non-hydrogen) atoms. The second-order valence-corrected chi connectivity index (χ2v) is 5.83. The number of rotatable bonds is 5. The van der Waals surface area contributed by atoms with Gasteiger partial charge in [-0.25, -0.2) is 10.9 Å². The SMILES string of the molecule is CC1=NNC(=O)C1CCC(=O)N/N=C/c1c(O)ccc2ccccc12. The molecule has 0 spiro atoms. The number of carbonyl (C=O) groups is 2. The van der Waals surface area contributed by atoms with E-state index in [1.165, 1.54) is 6.21 Å². The van der Waals surface area contributed by atoms with E-state index in [1.54, 1.807) is 13.0 Å². The van der Waals surface area contributed by atoms with E-state index >= 15 is 0 Å². The fraction of sp³-hybridized carbons (Fsp3) is 0.222. The van der Waals surface area contributed by atoms with Crippen molar-refractivity contribution in [1.82, 2.24) is 10.9 Å². The predicted molar refractivity (Wildman–Crippen MR) is 95.3 cm³/mol. The maximum Gasteiger partial charge on any atom is 0.248 e. The highest BCUT2D eigenvalue weighted by Crippen LogP contribution is 2.25. The summed E-state index contributed by atoms with van der Waals surface area (Å²) < 4.78 is 0. The first-order chi connectivity index (χ1) is 12.1. The van der Waals surface area contributed by atoms with Crippen LogP contribution in [-0.2, 0) is 9.59 Å². The van der Waals surface area contributed by atoms with E-state index in [-0.39, 0.29) is 29.9 Å². The molecule has 2 amide bonds. The van der Waals surface area contributed by atoms with Crippen molar-refractivity contribution in [2.45, 2.75) is 19.8 Å². The molecule has 2 aromatic rings. The topological polar surface area (TPSA) is 103 Å². The molecule has 0 saturated carbocycles. The number of phenols is 1. The zero-order valence-electron chi connectivity index (χ0n) is 13.7. The van der Waals surface area contributed by atoms with Crippen molar-refractivity contribution in [3.63, 3.8) is 0 Å². The number of phenolic OH excluding ortho intramolecular Hbond substituents is 1. The van der Waals surface area contributed by atoms with Crippen LogP contribution in [0.5, 0.6) is 5.75 Å². The van der Waals surface area contributed by atoms with E-state index in [4.69, 9.17) is 0 Å². The summed E-state index contributed by atoms with van der Waals surface area (Å²) in [4.78, 5) is 23.4. The number of nitrogens with one attached hydrogen (secondary N) is 2. The number of hydrazone groups is 2. The van der Waals surface area contributed by atoms with Gasteiger partial charge in [-0.15, -0.1) is 0 Å². The van der Waals surface area contributed by atoms with Crippen LogP contribution >= 0.6 is 0 Å². The fourth-order valence-electron chi connectivity index (χ4n) is 2.75. The smallest absolute Gasteiger partial charge is 0.248 e. The number of hydrogen-bond donors (Lipinski definition) is 3. The Kier molecular flexibility index (Phi) is 4.74. The van der Waals surface area contributed by atoms with E-state index in [0.29, 0.717) is 17.7 Å². The third kappa shape index (κ3) is 3.65. The lowest BCUT2D eigenvalue weighted by atomic mass is 9.99. The number of nitrogens with zero attached hydrogens (tertiary/aromatic N) is 2.